The maximum atomic E-state index is 11.6. The van der Waals surface area contributed by atoms with Gasteiger partial charge in [0, 0.05) is 12.1 Å². The number of esters is 1. The molecule has 0 aliphatic rings. The third-order valence-corrected chi connectivity index (χ3v) is 2.70. The lowest BCUT2D eigenvalue weighted by atomic mass is 10.3. The van der Waals surface area contributed by atoms with Crippen LogP contribution in [-0.4, -0.2) is 24.6 Å². The number of carbonyl (C=O) groups is 1. The van der Waals surface area contributed by atoms with Crippen molar-refractivity contribution in [3.63, 3.8) is 0 Å². The fourth-order valence-corrected chi connectivity index (χ4v) is 1.61. The molecule has 0 N–H and O–H groups in total. The number of nitro groups is 1. The molecule has 7 heteroatoms. The van der Waals surface area contributed by atoms with Crippen LogP contribution in [0.5, 0.6) is 17.2 Å². The molecule has 114 valence electrons. The quantitative estimate of drug-likeness (QED) is 0.353. The summed E-state index contributed by atoms with van der Waals surface area (Å²) in [4.78, 5) is 21.6. The van der Waals surface area contributed by atoms with Crippen LogP contribution in [0.2, 0.25) is 0 Å². The Hall–Kier alpha value is -3.09. The Bertz CT molecular complexity index is 651. The minimum atomic E-state index is -0.607. The van der Waals surface area contributed by atoms with Crippen molar-refractivity contribution >= 4 is 11.7 Å². The minimum Gasteiger partial charge on any atom is -0.497 e. The molecule has 0 aliphatic heterocycles. The summed E-state index contributed by atoms with van der Waals surface area (Å²) in [5.74, 6) is 0.792. The van der Waals surface area contributed by atoms with Crippen LogP contribution in [0.25, 0.3) is 0 Å². The van der Waals surface area contributed by atoms with E-state index >= 15 is 0 Å². The molecule has 0 heterocycles. The normalized spacial score (nSPS) is 9.86. The average molecular weight is 303 g/mol. The van der Waals surface area contributed by atoms with E-state index in [0.717, 1.165) is 0 Å². The third-order valence-electron chi connectivity index (χ3n) is 2.70. The first-order chi connectivity index (χ1) is 10.6. The van der Waals surface area contributed by atoms with Crippen molar-refractivity contribution in [3.8, 4) is 17.2 Å². The van der Waals surface area contributed by atoms with Crippen LogP contribution < -0.4 is 14.2 Å². The van der Waals surface area contributed by atoms with E-state index in [-0.39, 0.29) is 18.0 Å². The zero-order chi connectivity index (χ0) is 15.9. The van der Waals surface area contributed by atoms with E-state index in [4.69, 9.17) is 14.2 Å². The van der Waals surface area contributed by atoms with Crippen molar-refractivity contribution in [2.45, 2.75) is 0 Å². The number of carbonyl (C=O) groups excluding carboxylic acids is 1. The number of nitro benzene ring substituents is 1. The Morgan fingerprint density at radius 2 is 1.55 bits per heavy atom. The fraction of sp³-hybridized carbons (Fsp3) is 0.133. The smallest absolute Gasteiger partial charge is 0.349 e. The molecule has 2 aromatic carbocycles. The third kappa shape index (κ3) is 4.20. The monoisotopic (exact) mass is 303 g/mol. The summed E-state index contributed by atoms with van der Waals surface area (Å²) in [6.45, 7) is -0.274. The van der Waals surface area contributed by atoms with Crippen LogP contribution in [-0.2, 0) is 4.79 Å². The minimum absolute atomic E-state index is 0.0747. The van der Waals surface area contributed by atoms with E-state index < -0.39 is 10.9 Å². The number of methoxy groups -OCH3 is 1. The Morgan fingerprint density at radius 3 is 2.09 bits per heavy atom. The van der Waals surface area contributed by atoms with Gasteiger partial charge in [0.1, 0.15) is 17.2 Å². The van der Waals surface area contributed by atoms with Crippen molar-refractivity contribution in [2.75, 3.05) is 13.7 Å². The molecule has 22 heavy (non-hydrogen) atoms. The number of nitrogens with zero attached hydrogens (tertiary/aromatic N) is 1. The van der Waals surface area contributed by atoms with E-state index in [1.54, 1.807) is 31.4 Å². The summed E-state index contributed by atoms with van der Waals surface area (Å²) in [5.41, 5.74) is -0.0747. The number of hydrogen-bond donors (Lipinski definition) is 0. The number of non-ortho nitro benzene ring substituents is 1. The standard InChI is InChI=1S/C15H13NO6/c1-20-12-6-8-13(9-7-12)21-10-15(17)22-14-4-2-11(3-5-14)16(18)19/h2-9H,10H2,1H3. The Morgan fingerprint density at radius 1 is 1.00 bits per heavy atom. The van der Waals surface area contributed by atoms with Crippen molar-refractivity contribution in [3.05, 3.63) is 58.6 Å². The average Bonchev–Trinajstić information content (AvgIpc) is 2.54. The van der Waals surface area contributed by atoms with Crippen molar-refractivity contribution < 1.29 is 23.9 Å². The van der Waals surface area contributed by atoms with Gasteiger partial charge in [-0.05, 0) is 36.4 Å². The van der Waals surface area contributed by atoms with Crippen LogP contribution in [0.1, 0.15) is 0 Å². The molecular weight excluding hydrogens is 290 g/mol. The predicted molar refractivity (Wildman–Crippen MR) is 77.2 cm³/mol. The summed E-state index contributed by atoms with van der Waals surface area (Å²) >= 11 is 0. The van der Waals surface area contributed by atoms with E-state index in [2.05, 4.69) is 0 Å². The Kier molecular flexibility index (Phi) is 4.92. The predicted octanol–water partition coefficient (Wildman–Crippen LogP) is 2.59. The summed E-state index contributed by atoms with van der Waals surface area (Å²) < 4.78 is 15.3. The molecule has 0 saturated carbocycles. The molecule has 0 spiro atoms. The zero-order valence-corrected chi connectivity index (χ0v) is 11.7. The first kappa shape index (κ1) is 15.3. The molecule has 0 radical (unpaired) electrons. The first-order valence-corrected chi connectivity index (χ1v) is 6.30. The lowest BCUT2D eigenvalue weighted by Gasteiger charge is -2.07. The molecular formula is C15H13NO6. The molecule has 0 saturated heterocycles. The molecule has 2 aromatic rings. The second kappa shape index (κ2) is 7.07. The number of benzene rings is 2. The van der Waals surface area contributed by atoms with Crippen LogP contribution >= 0.6 is 0 Å². The highest BCUT2D eigenvalue weighted by atomic mass is 16.6. The maximum Gasteiger partial charge on any atom is 0.349 e. The molecule has 0 aliphatic carbocycles. The molecule has 2 rings (SSSR count). The van der Waals surface area contributed by atoms with Crippen molar-refractivity contribution in [1.82, 2.24) is 0 Å². The summed E-state index contributed by atoms with van der Waals surface area (Å²) in [6, 6.07) is 12.0. The molecule has 0 unspecified atom stereocenters. The van der Waals surface area contributed by atoms with E-state index in [1.165, 1.54) is 24.3 Å². The van der Waals surface area contributed by atoms with Crippen molar-refractivity contribution in [2.24, 2.45) is 0 Å². The van der Waals surface area contributed by atoms with Crippen LogP contribution in [0.4, 0.5) is 5.69 Å². The SMILES string of the molecule is COc1ccc(OCC(=O)Oc2ccc([N+](=O)[O-])cc2)cc1. The molecule has 0 aromatic heterocycles. The second-order valence-electron chi connectivity index (χ2n) is 4.19. The summed E-state index contributed by atoms with van der Waals surface area (Å²) in [6.07, 6.45) is 0. The van der Waals surface area contributed by atoms with Crippen LogP contribution in [0, 0.1) is 10.1 Å². The van der Waals surface area contributed by atoms with E-state index in [1.807, 2.05) is 0 Å². The van der Waals surface area contributed by atoms with Gasteiger partial charge in [-0.3, -0.25) is 10.1 Å². The summed E-state index contributed by atoms with van der Waals surface area (Å²) in [7, 11) is 1.55. The highest BCUT2D eigenvalue weighted by Crippen LogP contribution is 2.19. The van der Waals surface area contributed by atoms with Crippen LogP contribution in [0.15, 0.2) is 48.5 Å². The van der Waals surface area contributed by atoms with Gasteiger partial charge in [-0.2, -0.15) is 0 Å². The van der Waals surface area contributed by atoms with E-state index in [9.17, 15) is 14.9 Å². The van der Waals surface area contributed by atoms with Gasteiger partial charge in [0.05, 0.1) is 12.0 Å². The lowest BCUT2D eigenvalue weighted by molar-refractivity contribution is -0.384. The largest absolute Gasteiger partial charge is 0.497 e. The first-order valence-electron chi connectivity index (χ1n) is 6.30. The van der Waals surface area contributed by atoms with E-state index in [0.29, 0.717) is 11.5 Å². The topological polar surface area (TPSA) is 87.9 Å². The number of ether oxygens (including phenoxy) is 3. The molecule has 0 atom stereocenters. The number of hydrogen-bond acceptors (Lipinski definition) is 6. The molecule has 0 bridgehead atoms. The van der Waals surface area contributed by atoms with Gasteiger partial charge in [0.25, 0.3) is 5.69 Å². The molecule has 7 nitrogen and oxygen atoms in total. The lowest BCUT2D eigenvalue weighted by Crippen LogP contribution is -2.17. The highest BCUT2D eigenvalue weighted by molar-refractivity contribution is 5.74. The molecule has 0 fully saturated rings. The van der Waals surface area contributed by atoms with Gasteiger partial charge >= 0.3 is 5.97 Å². The second-order valence-corrected chi connectivity index (χ2v) is 4.19. The van der Waals surface area contributed by atoms with Crippen molar-refractivity contribution in [1.29, 1.82) is 0 Å². The van der Waals surface area contributed by atoms with Gasteiger partial charge < -0.3 is 14.2 Å². The summed E-state index contributed by atoms with van der Waals surface area (Å²) in [5, 5.41) is 10.5. The Labute approximate surface area is 126 Å². The van der Waals surface area contributed by atoms with Gasteiger partial charge in [-0.25, -0.2) is 4.79 Å². The Balaban J connectivity index is 1.85. The van der Waals surface area contributed by atoms with Gasteiger partial charge in [0.15, 0.2) is 6.61 Å². The zero-order valence-electron chi connectivity index (χ0n) is 11.7. The van der Waals surface area contributed by atoms with Crippen LogP contribution in [0.3, 0.4) is 0 Å². The van der Waals surface area contributed by atoms with Gasteiger partial charge in [0.2, 0.25) is 0 Å². The molecule has 0 amide bonds. The number of rotatable bonds is 6. The van der Waals surface area contributed by atoms with Gasteiger partial charge in [-0.15, -0.1) is 0 Å². The maximum absolute atomic E-state index is 11.6. The van der Waals surface area contributed by atoms with Gasteiger partial charge in [-0.1, -0.05) is 0 Å². The highest BCUT2D eigenvalue weighted by Gasteiger charge is 2.09. The fourth-order valence-electron chi connectivity index (χ4n) is 1.61.